The SMILES string of the molecule is CC(C)[C@@H]1CC[C@H](O)[C@H]2[C@H]3[C@](C)(CC[C@@]21CBr)[C@@H](Br)CC[C@]3(C)O. The van der Waals surface area contributed by atoms with Crippen LogP contribution >= 0.6 is 31.9 Å². The molecule has 0 aromatic rings. The Morgan fingerprint density at radius 2 is 1.75 bits per heavy atom. The maximum atomic E-state index is 11.4. The van der Waals surface area contributed by atoms with Gasteiger partial charge in [0.25, 0.3) is 0 Å². The van der Waals surface area contributed by atoms with Gasteiger partial charge in [-0.25, -0.2) is 0 Å². The van der Waals surface area contributed by atoms with Crippen molar-refractivity contribution in [1.82, 2.24) is 0 Å². The van der Waals surface area contributed by atoms with Crippen LogP contribution in [0, 0.1) is 34.5 Å². The highest BCUT2D eigenvalue weighted by atomic mass is 79.9. The second kappa shape index (κ2) is 6.49. The monoisotopic (exact) mass is 464 g/mol. The third kappa shape index (κ3) is 2.68. The second-order valence-corrected chi connectivity index (χ2v) is 11.4. The number of fused-ring (bicyclic) bond motifs is 3. The zero-order valence-electron chi connectivity index (χ0n) is 15.6. The van der Waals surface area contributed by atoms with Crippen molar-refractivity contribution >= 4 is 31.9 Å². The lowest BCUT2D eigenvalue weighted by atomic mass is 9.40. The lowest BCUT2D eigenvalue weighted by Gasteiger charge is -2.67. The van der Waals surface area contributed by atoms with Crippen LogP contribution in [0.5, 0.6) is 0 Å². The molecule has 3 fully saturated rings. The maximum absolute atomic E-state index is 11.4. The average molecular weight is 466 g/mol. The van der Waals surface area contributed by atoms with Gasteiger partial charge in [-0.15, -0.1) is 0 Å². The highest BCUT2D eigenvalue weighted by molar-refractivity contribution is 9.09. The van der Waals surface area contributed by atoms with Gasteiger partial charge in [-0.2, -0.15) is 0 Å². The first-order chi connectivity index (χ1) is 11.1. The standard InChI is InChI=1S/C20H34Br2O2/c1-12(2)13-5-6-14(23)16-17-18(3,9-10-20(13,16)11-21)15(22)7-8-19(17,4)24/h12-17,23-24H,5-11H2,1-4H3/t13-,14-,15-,16-,17-,18+,19-,20-/m0/s1. The quantitative estimate of drug-likeness (QED) is 0.554. The van der Waals surface area contributed by atoms with E-state index in [1.165, 1.54) is 0 Å². The molecule has 0 bridgehead atoms. The van der Waals surface area contributed by atoms with Gasteiger partial charge in [0, 0.05) is 10.2 Å². The fourth-order valence-electron chi connectivity index (χ4n) is 7.03. The number of halogens is 2. The summed E-state index contributed by atoms with van der Waals surface area (Å²) in [6, 6.07) is 0. The van der Waals surface area contributed by atoms with Crippen molar-refractivity contribution in [2.45, 2.75) is 82.8 Å². The molecule has 2 N–H and O–H groups in total. The normalized spacial score (nSPS) is 55.1. The molecule has 0 aromatic heterocycles. The van der Waals surface area contributed by atoms with E-state index >= 15 is 0 Å². The topological polar surface area (TPSA) is 40.5 Å². The summed E-state index contributed by atoms with van der Waals surface area (Å²) in [5.74, 6) is 1.59. The smallest absolute Gasteiger partial charge is 0.0657 e. The van der Waals surface area contributed by atoms with Crippen LogP contribution in [0.4, 0.5) is 0 Å². The van der Waals surface area contributed by atoms with Crippen LogP contribution in [-0.4, -0.2) is 32.1 Å². The van der Waals surface area contributed by atoms with Crippen molar-refractivity contribution in [2.75, 3.05) is 5.33 Å². The van der Waals surface area contributed by atoms with E-state index in [1.807, 2.05) is 6.92 Å². The van der Waals surface area contributed by atoms with E-state index in [0.29, 0.717) is 16.7 Å². The van der Waals surface area contributed by atoms with Gasteiger partial charge in [-0.1, -0.05) is 52.6 Å². The number of aliphatic hydroxyl groups is 2. The highest BCUT2D eigenvalue weighted by Crippen LogP contribution is 2.68. The first-order valence-corrected chi connectivity index (χ1v) is 11.7. The number of alkyl halides is 2. The van der Waals surface area contributed by atoms with Gasteiger partial charge in [0.05, 0.1) is 11.7 Å². The van der Waals surface area contributed by atoms with Crippen molar-refractivity contribution in [3.8, 4) is 0 Å². The third-order valence-corrected chi connectivity index (χ3v) is 10.7. The van der Waals surface area contributed by atoms with Crippen LogP contribution in [0.25, 0.3) is 0 Å². The number of aliphatic hydroxyl groups excluding tert-OH is 1. The Morgan fingerprint density at radius 3 is 2.33 bits per heavy atom. The highest BCUT2D eigenvalue weighted by Gasteiger charge is 2.66. The molecule has 0 amide bonds. The van der Waals surface area contributed by atoms with Gasteiger partial charge in [0.1, 0.15) is 0 Å². The van der Waals surface area contributed by atoms with Crippen LogP contribution in [0.15, 0.2) is 0 Å². The van der Waals surface area contributed by atoms with E-state index in [9.17, 15) is 10.2 Å². The number of hydrogen-bond acceptors (Lipinski definition) is 2. The van der Waals surface area contributed by atoms with Crippen molar-refractivity contribution in [2.24, 2.45) is 34.5 Å². The van der Waals surface area contributed by atoms with Crippen LogP contribution < -0.4 is 0 Å². The Kier molecular flexibility index (Phi) is 5.31. The third-order valence-electron chi connectivity index (χ3n) is 8.13. The van der Waals surface area contributed by atoms with Gasteiger partial charge in [-0.05, 0) is 80.0 Å². The summed E-state index contributed by atoms with van der Waals surface area (Å²) in [4.78, 5) is 0.440. The van der Waals surface area contributed by atoms with Crippen molar-refractivity contribution in [3.63, 3.8) is 0 Å². The molecule has 0 radical (unpaired) electrons. The number of hydrogen-bond donors (Lipinski definition) is 2. The molecule has 3 aliphatic rings. The molecule has 0 aliphatic heterocycles. The molecule has 8 atom stereocenters. The molecule has 0 unspecified atom stereocenters. The van der Waals surface area contributed by atoms with E-state index in [0.717, 1.165) is 43.9 Å². The summed E-state index contributed by atoms with van der Waals surface area (Å²) < 4.78 is 0. The summed E-state index contributed by atoms with van der Waals surface area (Å²) in [6.07, 6.45) is 5.87. The van der Waals surface area contributed by atoms with Crippen LogP contribution in [-0.2, 0) is 0 Å². The summed E-state index contributed by atoms with van der Waals surface area (Å²) in [5, 5.41) is 23.5. The molecular formula is C20H34Br2O2. The van der Waals surface area contributed by atoms with Crippen molar-refractivity contribution in [3.05, 3.63) is 0 Å². The Balaban J connectivity index is 2.12. The number of rotatable bonds is 2. The van der Waals surface area contributed by atoms with E-state index in [-0.39, 0.29) is 28.8 Å². The summed E-state index contributed by atoms with van der Waals surface area (Å²) in [5.41, 5.74) is -0.501. The molecule has 0 aromatic carbocycles. The van der Waals surface area contributed by atoms with Gasteiger partial charge in [0.2, 0.25) is 0 Å². The Labute approximate surface area is 164 Å². The molecule has 3 rings (SSSR count). The molecule has 0 spiro atoms. The zero-order valence-corrected chi connectivity index (χ0v) is 18.7. The zero-order chi connectivity index (χ0) is 17.9. The van der Waals surface area contributed by atoms with E-state index in [1.54, 1.807) is 0 Å². The minimum absolute atomic E-state index is 0.0674. The average Bonchev–Trinajstić information content (AvgIpc) is 2.51. The Hall–Kier alpha value is 0.880. The minimum atomic E-state index is -0.683. The van der Waals surface area contributed by atoms with E-state index < -0.39 is 5.60 Å². The molecule has 3 saturated carbocycles. The molecule has 140 valence electrons. The molecule has 2 nitrogen and oxygen atoms in total. The van der Waals surface area contributed by atoms with Crippen molar-refractivity contribution < 1.29 is 10.2 Å². The van der Waals surface area contributed by atoms with Gasteiger partial charge < -0.3 is 10.2 Å². The summed E-state index contributed by atoms with van der Waals surface area (Å²) in [7, 11) is 0. The fraction of sp³-hybridized carbons (Fsp3) is 1.00. The van der Waals surface area contributed by atoms with Crippen LogP contribution in [0.1, 0.15) is 66.2 Å². The fourth-order valence-corrected chi connectivity index (χ4v) is 8.84. The predicted molar refractivity (Wildman–Crippen MR) is 107 cm³/mol. The maximum Gasteiger partial charge on any atom is 0.0657 e. The molecule has 0 heterocycles. The van der Waals surface area contributed by atoms with E-state index in [2.05, 4.69) is 52.6 Å². The lowest BCUT2D eigenvalue weighted by Crippen LogP contribution is -2.67. The van der Waals surface area contributed by atoms with Crippen LogP contribution in [0.3, 0.4) is 0 Å². The van der Waals surface area contributed by atoms with Crippen LogP contribution in [0.2, 0.25) is 0 Å². The second-order valence-electron chi connectivity index (χ2n) is 9.73. The predicted octanol–water partition coefficient (Wildman–Crippen LogP) is 5.14. The first kappa shape index (κ1) is 19.6. The Bertz CT molecular complexity index is 480. The van der Waals surface area contributed by atoms with Gasteiger partial charge in [-0.3, -0.25) is 0 Å². The van der Waals surface area contributed by atoms with E-state index in [4.69, 9.17) is 0 Å². The molecule has 24 heavy (non-hydrogen) atoms. The van der Waals surface area contributed by atoms with Gasteiger partial charge >= 0.3 is 0 Å². The minimum Gasteiger partial charge on any atom is -0.393 e. The summed E-state index contributed by atoms with van der Waals surface area (Å²) >= 11 is 7.82. The molecule has 4 heteroatoms. The van der Waals surface area contributed by atoms with Crippen molar-refractivity contribution in [1.29, 1.82) is 0 Å². The first-order valence-electron chi connectivity index (χ1n) is 9.70. The molecule has 0 saturated heterocycles. The molecular weight excluding hydrogens is 432 g/mol. The largest absolute Gasteiger partial charge is 0.393 e. The Morgan fingerprint density at radius 1 is 1.08 bits per heavy atom. The lowest BCUT2D eigenvalue weighted by molar-refractivity contribution is -0.222. The molecule has 3 aliphatic carbocycles. The summed E-state index contributed by atoms with van der Waals surface area (Å²) in [6.45, 7) is 9.06. The van der Waals surface area contributed by atoms with Gasteiger partial charge in [0.15, 0.2) is 0 Å².